The third-order valence-electron chi connectivity index (χ3n) is 7.70. The average Bonchev–Trinajstić information content (AvgIpc) is 3.53. The lowest BCUT2D eigenvalue weighted by Gasteiger charge is -2.32. The minimum absolute atomic E-state index is 0.0710. The number of nitro groups is 1. The summed E-state index contributed by atoms with van der Waals surface area (Å²) in [5, 5.41) is 20.5. The van der Waals surface area contributed by atoms with Crippen molar-refractivity contribution < 1.29 is 14.5 Å². The van der Waals surface area contributed by atoms with Gasteiger partial charge in [-0.1, -0.05) is 6.07 Å². The number of benzene rings is 2. The first-order chi connectivity index (χ1) is 19.0. The van der Waals surface area contributed by atoms with E-state index in [1.165, 1.54) is 0 Å². The first kappa shape index (κ1) is 25.4. The summed E-state index contributed by atoms with van der Waals surface area (Å²) in [7, 11) is 1.90. The van der Waals surface area contributed by atoms with Crippen molar-refractivity contribution in [3.63, 3.8) is 0 Å². The maximum absolute atomic E-state index is 13.2. The van der Waals surface area contributed by atoms with Crippen molar-refractivity contribution in [1.29, 1.82) is 0 Å². The van der Waals surface area contributed by atoms with Gasteiger partial charge in [0.05, 0.1) is 21.2 Å². The molecular formula is C29H31N5O4S. The summed E-state index contributed by atoms with van der Waals surface area (Å²) >= 11 is 1.62. The molecule has 0 spiro atoms. The van der Waals surface area contributed by atoms with Crippen molar-refractivity contribution in [2.75, 3.05) is 29.9 Å². The fourth-order valence-electron chi connectivity index (χ4n) is 5.67. The molecule has 1 saturated heterocycles. The van der Waals surface area contributed by atoms with E-state index >= 15 is 0 Å². The van der Waals surface area contributed by atoms with Crippen molar-refractivity contribution in [2.24, 2.45) is 7.05 Å². The number of amides is 1. The standard InChI is InChI=1S/C29H31N5O4S/c1-32-25-11-15-39-28(25)17-27(32)29(35)31-23-5-2-6-24-22(23)4-3-14-33(24)18-19-7-8-21(16-26(19)34(36)37)38-20-9-12-30-13-10-20/h2,5-8,11,15-17,20,30H,3-4,9-10,12-14,18H2,1H3,(H,31,35). The van der Waals surface area contributed by atoms with E-state index in [0.29, 0.717) is 23.6 Å². The van der Waals surface area contributed by atoms with Gasteiger partial charge in [0, 0.05) is 37.1 Å². The van der Waals surface area contributed by atoms with Crippen LogP contribution < -0.4 is 20.3 Å². The van der Waals surface area contributed by atoms with Crippen LogP contribution in [-0.2, 0) is 20.0 Å². The highest BCUT2D eigenvalue weighted by Crippen LogP contribution is 2.36. The predicted octanol–water partition coefficient (Wildman–Crippen LogP) is 5.48. The molecule has 1 fully saturated rings. The van der Waals surface area contributed by atoms with E-state index in [1.807, 2.05) is 59.5 Å². The van der Waals surface area contributed by atoms with Crippen LogP contribution in [0.1, 0.15) is 40.9 Å². The summed E-state index contributed by atoms with van der Waals surface area (Å²) in [4.78, 5) is 27.1. The highest BCUT2D eigenvalue weighted by atomic mass is 32.1. The molecule has 9 nitrogen and oxygen atoms in total. The number of nitro benzene ring substituents is 1. The van der Waals surface area contributed by atoms with E-state index in [0.717, 1.165) is 72.5 Å². The largest absolute Gasteiger partial charge is 0.490 e. The summed E-state index contributed by atoms with van der Waals surface area (Å²) in [5.41, 5.74) is 5.21. The normalized spacial score (nSPS) is 15.8. The molecule has 2 N–H and O–H groups in total. The molecule has 0 saturated carbocycles. The Kier molecular flexibility index (Phi) is 6.97. The van der Waals surface area contributed by atoms with Crippen molar-refractivity contribution >= 4 is 44.5 Å². The van der Waals surface area contributed by atoms with Crippen LogP contribution in [0.25, 0.3) is 10.2 Å². The van der Waals surface area contributed by atoms with Gasteiger partial charge >= 0.3 is 0 Å². The van der Waals surface area contributed by atoms with Crippen molar-refractivity contribution in [3.8, 4) is 5.75 Å². The van der Waals surface area contributed by atoms with Gasteiger partial charge in [-0.2, -0.15) is 0 Å². The predicted molar refractivity (Wildman–Crippen MR) is 154 cm³/mol. The van der Waals surface area contributed by atoms with E-state index in [-0.39, 0.29) is 22.6 Å². The number of fused-ring (bicyclic) bond motifs is 2. The summed E-state index contributed by atoms with van der Waals surface area (Å²) in [6.45, 7) is 2.97. The summed E-state index contributed by atoms with van der Waals surface area (Å²) in [6.07, 6.45) is 3.58. The third kappa shape index (κ3) is 5.09. The highest BCUT2D eigenvalue weighted by molar-refractivity contribution is 7.17. The Morgan fingerprint density at radius 2 is 2.05 bits per heavy atom. The van der Waals surface area contributed by atoms with Gasteiger partial charge in [0.1, 0.15) is 17.5 Å². The molecule has 0 atom stereocenters. The number of carbonyl (C=O) groups excluding carboxylic acids is 1. The number of anilines is 2. The Hall–Kier alpha value is -3.89. The molecule has 6 rings (SSSR count). The van der Waals surface area contributed by atoms with Gasteiger partial charge < -0.3 is 24.8 Å². The van der Waals surface area contributed by atoms with E-state index in [4.69, 9.17) is 4.74 Å². The fourth-order valence-corrected chi connectivity index (χ4v) is 6.52. The zero-order chi connectivity index (χ0) is 26.9. The van der Waals surface area contributed by atoms with Gasteiger partial charge in [-0.3, -0.25) is 14.9 Å². The van der Waals surface area contributed by atoms with Crippen molar-refractivity contribution in [1.82, 2.24) is 9.88 Å². The molecule has 0 aliphatic carbocycles. The van der Waals surface area contributed by atoms with Gasteiger partial charge in [-0.15, -0.1) is 11.3 Å². The molecule has 0 unspecified atom stereocenters. The van der Waals surface area contributed by atoms with Gasteiger partial charge in [0.15, 0.2) is 0 Å². The molecule has 4 heterocycles. The lowest BCUT2D eigenvalue weighted by Crippen LogP contribution is -2.34. The average molecular weight is 546 g/mol. The maximum atomic E-state index is 13.2. The Morgan fingerprint density at radius 3 is 2.85 bits per heavy atom. The number of hydrogen-bond acceptors (Lipinski definition) is 7. The molecule has 2 aliphatic rings. The minimum atomic E-state index is -0.323. The lowest BCUT2D eigenvalue weighted by atomic mass is 9.98. The number of hydrogen-bond donors (Lipinski definition) is 2. The Labute approximate surface area is 230 Å². The molecule has 10 heteroatoms. The van der Waals surface area contributed by atoms with Crippen LogP contribution >= 0.6 is 11.3 Å². The molecule has 2 aromatic carbocycles. The number of aromatic nitrogens is 1. The molecule has 39 heavy (non-hydrogen) atoms. The van der Waals surface area contributed by atoms with Crippen LogP contribution in [0.3, 0.4) is 0 Å². The van der Waals surface area contributed by atoms with Gasteiger partial charge in [-0.25, -0.2) is 0 Å². The Balaban J connectivity index is 1.23. The smallest absolute Gasteiger partial charge is 0.278 e. The van der Waals surface area contributed by atoms with E-state index in [1.54, 1.807) is 17.4 Å². The van der Waals surface area contributed by atoms with Gasteiger partial charge in [-0.05, 0) is 86.1 Å². The summed E-state index contributed by atoms with van der Waals surface area (Å²) in [6, 6.07) is 15.1. The van der Waals surface area contributed by atoms with Crippen LogP contribution in [0.5, 0.6) is 5.75 Å². The number of carbonyl (C=O) groups is 1. The quantitative estimate of drug-likeness (QED) is 0.235. The first-order valence-electron chi connectivity index (χ1n) is 13.3. The molecule has 202 valence electrons. The molecule has 4 aromatic rings. The maximum Gasteiger partial charge on any atom is 0.278 e. The zero-order valence-corrected chi connectivity index (χ0v) is 22.6. The fraction of sp³-hybridized carbons (Fsp3) is 0.345. The highest BCUT2D eigenvalue weighted by Gasteiger charge is 2.25. The van der Waals surface area contributed by atoms with Crippen LogP contribution in [0.4, 0.5) is 17.1 Å². The second kappa shape index (κ2) is 10.7. The van der Waals surface area contributed by atoms with Crippen LogP contribution in [0.15, 0.2) is 53.9 Å². The topological polar surface area (TPSA) is 102 Å². The number of aryl methyl sites for hydroxylation is 1. The number of piperidine rings is 1. The number of ether oxygens (including phenoxy) is 1. The molecule has 0 bridgehead atoms. The zero-order valence-electron chi connectivity index (χ0n) is 21.8. The monoisotopic (exact) mass is 545 g/mol. The number of nitrogens with zero attached hydrogens (tertiary/aromatic N) is 3. The van der Waals surface area contributed by atoms with E-state index in [2.05, 4.69) is 15.5 Å². The summed E-state index contributed by atoms with van der Waals surface area (Å²) < 4.78 is 9.06. The number of nitrogens with one attached hydrogen (secondary N) is 2. The van der Waals surface area contributed by atoms with E-state index < -0.39 is 0 Å². The minimum Gasteiger partial charge on any atom is -0.490 e. The Bertz CT molecular complexity index is 1540. The summed E-state index contributed by atoms with van der Waals surface area (Å²) in [5.74, 6) is 0.397. The SMILES string of the molecule is Cn1c(C(=O)Nc2cccc3c2CCCN3Cc2ccc(OC3CCNCC3)cc2[N+](=O)[O-])cc2sccc21. The number of thiophene rings is 1. The van der Waals surface area contributed by atoms with Crippen molar-refractivity contribution in [2.45, 2.75) is 38.3 Å². The van der Waals surface area contributed by atoms with E-state index in [9.17, 15) is 14.9 Å². The molecule has 2 aliphatic heterocycles. The third-order valence-corrected chi connectivity index (χ3v) is 8.55. The van der Waals surface area contributed by atoms with Crippen LogP contribution in [-0.4, -0.2) is 41.1 Å². The second-order valence-corrected chi connectivity index (χ2v) is 11.1. The molecule has 1 amide bonds. The second-order valence-electron chi connectivity index (χ2n) is 10.2. The van der Waals surface area contributed by atoms with Crippen LogP contribution in [0, 0.1) is 10.1 Å². The van der Waals surface area contributed by atoms with Crippen molar-refractivity contribution in [3.05, 3.63) is 80.8 Å². The molecular weight excluding hydrogens is 514 g/mol. The number of rotatable bonds is 7. The van der Waals surface area contributed by atoms with Crippen LogP contribution in [0.2, 0.25) is 0 Å². The van der Waals surface area contributed by atoms with Gasteiger partial charge in [0.25, 0.3) is 11.6 Å². The Morgan fingerprint density at radius 1 is 1.21 bits per heavy atom. The molecule has 2 aromatic heterocycles. The lowest BCUT2D eigenvalue weighted by molar-refractivity contribution is -0.385. The first-order valence-corrected chi connectivity index (χ1v) is 14.2. The molecule has 0 radical (unpaired) electrons. The van der Waals surface area contributed by atoms with Gasteiger partial charge in [0.2, 0.25) is 0 Å².